The quantitative estimate of drug-likeness (QED) is 0.894. The van der Waals surface area contributed by atoms with E-state index < -0.39 is 0 Å². The van der Waals surface area contributed by atoms with Gasteiger partial charge in [0, 0.05) is 23.7 Å². The van der Waals surface area contributed by atoms with Gasteiger partial charge in [-0.3, -0.25) is 4.79 Å². The number of halogens is 1. The van der Waals surface area contributed by atoms with E-state index in [9.17, 15) is 4.79 Å². The number of anilines is 1. The highest BCUT2D eigenvalue weighted by atomic mass is 35.5. The van der Waals surface area contributed by atoms with E-state index in [2.05, 4.69) is 5.32 Å². The molecule has 0 aromatic heterocycles. The molecule has 1 aliphatic rings. The van der Waals surface area contributed by atoms with Gasteiger partial charge in [-0.05, 0) is 31.4 Å². The zero-order chi connectivity index (χ0) is 13.8. The second kappa shape index (κ2) is 7.36. The summed E-state index contributed by atoms with van der Waals surface area (Å²) in [7, 11) is 3.15. The number of methoxy groups -OCH3 is 2. The van der Waals surface area contributed by atoms with Crippen LogP contribution in [0.4, 0.5) is 5.69 Å². The van der Waals surface area contributed by atoms with E-state index in [1.165, 1.54) is 0 Å². The summed E-state index contributed by atoms with van der Waals surface area (Å²) in [6, 6.07) is 5.48. The van der Waals surface area contributed by atoms with Gasteiger partial charge in [-0.2, -0.15) is 0 Å². The fourth-order valence-corrected chi connectivity index (χ4v) is 2.41. The van der Waals surface area contributed by atoms with Gasteiger partial charge in [0.1, 0.15) is 0 Å². The summed E-state index contributed by atoms with van der Waals surface area (Å²) in [4.78, 5) is 12.1. The number of rotatable bonds is 4. The van der Waals surface area contributed by atoms with Crippen LogP contribution >= 0.6 is 12.4 Å². The van der Waals surface area contributed by atoms with Crippen molar-refractivity contribution in [2.45, 2.75) is 25.3 Å². The molecule has 1 saturated carbocycles. The first-order chi connectivity index (χ1) is 9.13. The first-order valence-corrected chi connectivity index (χ1v) is 6.42. The zero-order valence-electron chi connectivity index (χ0n) is 11.7. The van der Waals surface area contributed by atoms with E-state index >= 15 is 0 Å². The summed E-state index contributed by atoms with van der Waals surface area (Å²) >= 11 is 0. The topological polar surface area (TPSA) is 73.6 Å². The maximum atomic E-state index is 12.1. The lowest BCUT2D eigenvalue weighted by atomic mass is 10.1. The lowest BCUT2D eigenvalue weighted by Gasteiger charge is -2.13. The molecule has 2 rings (SSSR count). The van der Waals surface area contributed by atoms with Gasteiger partial charge in [0.25, 0.3) is 0 Å². The molecule has 1 fully saturated rings. The third kappa shape index (κ3) is 3.77. The Kier molecular flexibility index (Phi) is 6.10. The molecular formula is C14H21ClN2O3. The van der Waals surface area contributed by atoms with E-state index in [-0.39, 0.29) is 30.3 Å². The van der Waals surface area contributed by atoms with E-state index in [1.54, 1.807) is 32.4 Å². The summed E-state index contributed by atoms with van der Waals surface area (Å²) < 4.78 is 10.4. The summed E-state index contributed by atoms with van der Waals surface area (Å²) in [6.07, 6.45) is 2.55. The predicted octanol–water partition coefficient (Wildman–Crippen LogP) is 2.19. The average Bonchev–Trinajstić information content (AvgIpc) is 2.85. The maximum Gasteiger partial charge on any atom is 0.227 e. The van der Waals surface area contributed by atoms with Gasteiger partial charge < -0.3 is 20.5 Å². The molecule has 1 amide bonds. The Bertz CT molecular complexity index is 468. The molecule has 0 radical (unpaired) electrons. The molecular weight excluding hydrogens is 280 g/mol. The minimum Gasteiger partial charge on any atom is -0.493 e. The monoisotopic (exact) mass is 300 g/mol. The van der Waals surface area contributed by atoms with Crippen LogP contribution in [0.3, 0.4) is 0 Å². The number of carbonyl (C=O) groups excluding carboxylic acids is 1. The summed E-state index contributed by atoms with van der Waals surface area (Å²) in [5, 5.41) is 2.90. The number of hydrogen-bond donors (Lipinski definition) is 2. The molecule has 2 unspecified atom stereocenters. The van der Waals surface area contributed by atoms with E-state index in [0.717, 1.165) is 19.3 Å². The molecule has 5 nitrogen and oxygen atoms in total. The van der Waals surface area contributed by atoms with Gasteiger partial charge in [0.05, 0.1) is 14.2 Å². The van der Waals surface area contributed by atoms with Gasteiger partial charge in [0.15, 0.2) is 11.5 Å². The molecule has 6 heteroatoms. The van der Waals surface area contributed by atoms with E-state index in [1.807, 2.05) is 0 Å². The van der Waals surface area contributed by atoms with Crippen molar-refractivity contribution in [3.05, 3.63) is 18.2 Å². The Morgan fingerprint density at radius 2 is 1.95 bits per heavy atom. The highest BCUT2D eigenvalue weighted by Gasteiger charge is 2.27. The Morgan fingerprint density at radius 1 is 1.25 bits per heavy atom. The molecule has 0 aliphatic heterocycles. The number of benzene rings is 1. The first kappa shape index (κ1) is 16.6. The molecule has 0 bridgehead atoms. The molecule has 1 aliphatic carbocycles. The van der Waals surface area contributed by atoms with Crippen LogP contribution in [-0.4, -0.2) is 26.2 Å². The summed E-state index contributed by atoms with van der Waals surface area (Å²) in [5.74, 6) is 1.29. The fourth-order valence-electron chi connectivity index (χ4n) is 2.41. The lowest BCUT2D eigenvalue weighted by Crippen LogP contribution is -2.23. The molecule has 2 atom stereocenters. The van der Waals surface area contributed by atoms with Crippen LogP contribution in [0.1, 0.15) is 19.3 Å². The van der Waals surface area contributed by atoms with Crippen molar-refractivity contribution in [1.29, 1.82) is 0 Å². The molecule has 0 heterocycles. The molecule has 0 saturated heterocycles. The van der Waals surface area contributed by atoms with Crippen LogP contribution in [0.15, 0.2) is 18.2 Å². The van der Waals surface area contributed by atoms with Gasteiger partial charge in [0.2, 0.25) is 5.91 Å². The number of ether oxygens (including phenoxy) is 2. The van der Waals surface area contributed by atoms with E-state index in [0.29, 0.717) is 17.2 Å². The SMILES string of the molecule is COc1ccc(NC(=O)C2CCC(N)C2)cc1OC.Cl. The standard InChI is InChI=1S/C14H20N2O3.ClH/c1-18-12-6-5-11(8-13(12)19-2)16-14(17)9-3-4-10(15)7-9;/h5-6,8-10H,3-4,7,15H2,1-2H3,(H,16,17);1H. The highest BCUT2D eigenvalue weighted by molar-refractivity contribution is 5.93. The van der Waals surface area contributed by atoms with Gasteiger partial charge >= 0.3 is 0 Å². The lowest BCUT2D eigenvalue weighted by molar-refractivity contribution is -0.119. The van der Waals surface area contributed by atoms with Crippen LogP contribution < -0.4 is 20.5 Å². The smallest absolute Gasteiger partial charge is 0.227 e. The zero-order valence-corrected chi connectivity index (χ0v) is 12.5. The van der Waals surface area contributed by atoms with Crippen LogP contribution in [0.25, 0.3) is 0 Å². The van der Waals surface area contributed by atoms with Gasteiger partial charge in [-0.1, -0.05) is 0 Å². The van der Waals surface area contributed by atoms with E-state index in [4.69, 9.17) is 15.2 Å². The molecule has 1 aromatic carbocycles. The molecule has 3 N–H and O–H groups in total. The largest absolute Gasteiger partial charge is 0.493 e. The summed E-state index contributed by atoms with van der Waals surface area (Å²) in [6.45, 7) is 0. The fraction of sp³-hybridized carbons (Fsp3) is 0.500. The minimum atomic E-state index is 0. The average molecular weight is 301 g/mol. The Morgan fingerprint density at radius 3 is 2.50 bits per heavy atom. The molecule has 1 aromatic rings. The van der Waals surface area contributed by atoms with Crippen LogP contribution in [0, 0.1) is 5.92 Å². The van der Waals surface area contributed by atoms with Crippen LogP contribution in [-0.2, 0) is 4.79 Å². The number of nitrogens with two attached hydrogens (primary N) is 1. The number of nitrogens with one attached hydrogen (secondary N) is 1. The molecule has 0 spiro atoms. The van der Waals surface area contributed by atoms with Crippen molar-refractivity contribution < 1.29 is 14.3 Å². The van der Waals surface area contributed by atoms with Crippen molar-refractivity contribution >= 4 is 24.0 Å². The van der Waals surface area contributed by atoms with Gasteiger partial charge in [-0.15, -0.1) is 12.4 Å². The third-order valence-corrected chi connectivity index (χ3v) is 3.50. The summed E-state index contributed by atoms with van der Waals surface area (Å²) in [5.41, 5.74) is 6.53. The Balaban J connectivity index is 0.00000200. The Labute approximate surface area is 125 Å². The Hall–Kier alpha value is -1.46. The van der Waals surface area contributed by atoms with Crippen molar-refractivity contribution in [3.63, 3.8) is 0 Å². The first-order valence-electron chi connectivity index (χ1n) is 6.42. The number of carbonyl (C=O) groups is 1. The number of hydrogen-bond acceptors (Lipinski definition) is 4. The van der Waals surface area contributed by atoms with Gasteiger partial charge in [-0.25, -0.2) is 0 Å². The highest BCUT2D eigenvalue weighted by Crippen LogP contribution is 2.31. The van der Waals surface area contributed by atoms with Crippen molar-refractivity contribution in [2.75, 3.05) is 19.5 Å². The second-order valence-electron chi connectivity index (χ2n) is 4.83. The predicted molar refractivity (Wildman–Crippen MR) is 80.7 cm³/mol. The second-order valence-corrected chi connectivity index (χ2v) is 4.83. The molecule has 20 heavy (non-hydrogen) atoms. The van der Waals surface area contributed by atoms with Crippen molar-refractivity contribution in [2.24, 2.45) is 11.7 Å². The maximum absolute atomic E-state index is 12.1. The number of amides is 1. The normalized spacial score (nSPS) is 20.9. The van der Waals surface area contributed by atoms with Crippen molar-refractivity contribution in [1.82, 2.24) is 0 Å². The van der Waals surface area contributed by atoms with Crippen LogP contribution in [0.5, 0.6) is 11.5 Å². The van der Waals surface area contributed by atoms with Crippen molar-refractivity contribution in [3.8, 4) is 11.5 Å². The minimum absolute atomic E-state index is 0. The third-order valence-electron chi connectivity index (χ3n) is 3.50. The molecule has 112 valence electrons. The van der Waals surface area contributed by atoms with Crippen LogP contribution in [0.2, 0.25) is 0 Å².